The maximum atomic E-state index is 15.0. The number of rotatable bonds is 9. The summed E-state index contributed by atoms with van der Waals surface area (Å²) in [6.07, 6.45) is 4.27. The maximum absolute atomic E-state index is 15.0. The molecule has 2 N–H and O–H groups in total. The van der Waals surface area contributed by atoms with Crippen LogP contribution in [0.3, 0.4) is 0 Å². The van der Waals surface area contributed by atoms with Crippen LogP contribution < -0.4 is 15.4 Å². The fourth-order valence-electron chi connectivity index (χ4n) is 2.39. The van der Waals surface area contributed by atoms with Gasteiger partial charge in [-0.25, -0.2) is 14.4 Å². The molecule has 1 heterocycles. The molecular weight excluding hydrogens is 382 g/mol. The summed E-state index contributed by atoms with van der Waals surface area (Å²) >= 11 is 6.08. The van der Waals surface area contributed by atoms with E-state index in [0.717, 1.165) is 0 Å². The van der Waals surface area contributed by atoms with Crippen molar-refractivity contribution in [2.24, 2.45) is 0 Å². The van der Waals surface area contributed by atoms with Crippen LogP contribution in [0.25, 0.3) is 0 Å². The van der Waals surface area contributed by atoms with Gasteiger partial charge >= 0.3 is 6.01 Å². The lowest BCUT2D eigenvalue weighted by Crippen LogP contribution is -2.38. The van der Waals surface area contributed by atoms with Crippen LogP contribution in [-0.4, -0.2) is 29.0 Å². The highest BCUT2D eigenvalue weighted by Gasteiger charge is 2.22. The van der Waals surface area contributed by atoms with Gasteiger partial charge in [0.25, 0.3) is 0 Å². The van der Waals surface area contributed by atoms with Crippen LogP contribution in [0.1, 0.15) is 31.9 Å². The molecule has 6 nitrogen and oxygen atoms in total. The van der Waals surface area contributed by atoms with E-state index in [4.69, 9.17) is 16.3 Å². The first-order valence-electron chi connectivity index (χ1n) is 7.92. The average molecular weight is 403 g/mol. The normalized spacial score (nSPS) is 12.6. The second kappa shape index (κ2) is 10.9. The monoisotopic (exact) mass is 402 g/mol. The topological polar surface area (TPSA) is 76.1 Å². The van der Waals surface area contributed by atoms with Crippen LogP contribution >= 0.6 is 24.0 Å². The van der Waals surface area contributed by atoms with E-state index < -0.39 is 5.82 Å². The van der Waals surface area contributed by atoms with Crippen LogP contribution in [0, 0.1) is 5.82 Å². The van der Waals surface area contributed by atoms with Gasteiger partial charge in [0.05, 0.1) is 5.02 Å². The highest BCUT2D eigenvalue weighted by atomic mass is 35.5. The smallest absolute Gasteiger partial charge is 0.322 e. The third-order valence-electron chi connectivity index (χ3n) is 3.59. The predicted octanol–water partition coefficient (Wildman–Crippen LogP) is 3.66. The highest BCUT2D eigenvalue weighted by molar-refractivity contribution is 6.32. The van der Waals surface area contributed by atoms with Crippen molar-refractivity contribution in [1.29, 1.82) is 0 Å². The summed E-state index contributed by atoms with van der Waals surface area (Å²) in [4.78, 5) is 18.2. The lowest BCUT2D eigenvalue weighted by Gasteiger charge is -2.23. The third-order valence-corrected chi connectivity index (χ3v) is 3.89. The number of ether oxygens (including phenoxy) is 1. The molecule has 9 heteroatoms. The standard InChI is InChI=1S/C17H20ClFN4O2.ClH/c1-3-14(23-11(2)9-20-10-24)12-5-6-13(18)16(15(12)19)25-17-21-7-4-8-22-17;/h4-8,10-11,14,23H,3,9H2,1-2H3,(H,20,24);1H/t11-,14+;/m0./s1. The molecule has 0 spiro atoms. The van der Waals surface area contributed by atoms with Crippen molar-refractivity contribution < 1.29 is 13.9 Å². The molecule has 0 aliphatic carbocycles. The molecule has 0 aliphatic heterocycles. The molecule has 1 aromatic carbocycles. The number of nitrogens with one attached hydrogen (secondary N) is 2. The number of amides is 1. The Bertz CT molecular complexity index is 707. The minimum atomic E-state index is -0.560. The Balaban J connectivity index is 0.00000338. The molecule has 0 aliphatic rings. The summed E-state index contributed by atoms with van der Waals surface area (Å²) in [6.45, 7) is 4.28. The summed E-state index contributed by atoms with van der Waals surface area (Å²) < 4.78 is 20.4. The van der Waals surface area contributed by atoms with Crippen molar-refractivity contribution in [3.63, 3.8) is 0 Å². The van der Waals surface area contributed by atoms with Gasteiger partial charge in [-0.05, 0) is 25.5 Å². The summed E-state index contributed by atoms with van der Waals surface area (Å²) in [6, 6.07) is 4.55. The number of hydrogen-bond acceptors (Lipinski definition) is 5. The van der Waals surface area contributed by atoms with Gasteiger partial charge in [-0.2, -0.15) is 0 Å². The Morgan fingerprint density at radius 1 is 1.35 bits per heavy atom. The van der Waals surface area contributed by atoms with E-state index in [0.29, 0.717) is 24.9 Å². The molecule has 0 fully saturated rings. The largest absolute Gasteiger partial charge is 0.420 e. The summed E-state index contributed by atoms with van der Waals surface area (Å²) in [5, 5.41) is 6.01. The zero-order valence-electron chi connectivity index (χ0n) is 14.4. The second-order valence-corrected chi connectivity index (χ2v) is 5.87. The zero-order chi connectivity index (χ0) is 18.2. The Morgan fingerprint density at radius 2 is 2.04 bits per heavy atom. The SMILES string of the molecule is CC[C@@H](N[C@@H](C)CNC=O)c1ccc(Cl)c(Oc2ncccn2)c1F.Cl. The average Bonchev–Trinajstić information content (AvgIpc) is 2.63. The first-order chi connectivity index (χ1) is 12.1. The molecule has 2 rings (SSSR count). The minimum Gasteiger partial charge on any atom is -0.420 e. The van der Waals surface area contributed by atoms with Crippen molar-refractivity contribution in [2.75, 3.05) is 6.54 Å². The van der Waals surface area contributed by atoms with Crippen molar-refractivity contribution in [1.82, 2.24) is 20.6 Å². The lowest BCUT2D eigenvalue weighted by molar-refractivity contribution is -0.109. The molecule has 0 saturated carbocycles. The Kier molecular flexibility index (Phi) is 9.26. The van der Waals surface area contributed by atoms with Gasteiger partial charge in [0.2, 0.25) is 6.41 Å². The molecule has 0 bridgehead atoms. The van der Waals surface area contributed by atoms with Crippen molar-refractivity contribution in [2.45, 2.75) is 32.4 Å². The minimum absolute atomic E-state index is 0. The zero-order valence-corrected chi connectivity index (χ0v) is 16.0. The summed E-state index contributed by atoms with van der Waals surface area (Å²) in [5.41, 5.74) is 0.427. The van der Waals surface area contributed by atoms with E-state index in [1.807, 2.05) is 13.8 Å². The van der Waals surface area contributed by atoms with Gasteiger partial charge in [0, 0.05) is 36.6 Å². The lowest BCUT2D eigenvalue weighted by atomic mass is 10.0. The number of carbonyl (C=O) groups is 1. The predicted molar refractivity (Wildman–Crippen MR) is 100 cm³/mol. The van der Waals surface area contributed by atoms with E-state index in [2.05, 4.69) is 20.6 Å². The first-order valence-corrected chi connectivity index (χ1v) is 8.30. The van der Waals surface area contributed by atoms with E-state index in [1.165, 1.54) is 12.4 Å². The van der Waals surface area contributed by atoms with E-state index in [1.54, 1.807) is 18.2 Å². The Hall–Kier alpha value is -1.96. The molecule has 0 saturated heterocycles. The van der Waals surface area contributed by atoms with Crippen molar-refractivity contribution in [3.05, 3.63) is 47.0 Å². The van der Waals surface area contributed by atoms with Crippen LogP contribution in [0.2, 0.25) is 5.02 Å². The summed E-state index contributed by atoms with van der Waals surface area (Å²) in [5.74, 6) is -0.667. The fraction of sp³-hybridized carbons (Fsp3) is 0.353. The van der Waals surface area contributed by atoms with Crippen molar-refractivity contribution in [3.8, 4) is 11.8 Å². The molecule has 0 radical (unpaired) electrons. The van der Waals surface area contributed by atoms with Crippen LogP contribution in [0.4, 0.5) is 4.39 Å². The quantitative estimate of drug-likeness (QED) is 0.625. The molecule has 0 unspecified atom stereocenters. The molecule has 1 amide bonds. The van der Waals surface area contributed by atoms with Gasteiger partial charge in [-0.1, -0.05) is 24.6 Å². The number of carbonyl (C=O) groups excluding carboxylic acids is 1. The van der Waals surface area contributed by atoms with Gasteiger partial charge in [0.15, 0.2) is 11.6 Å². The number of nitrogens with zero attached hydrogens (tertiary/aromatic N) is 2. The first kappa shape index (κ1) is 22.1. The van der Waals surface area contributed by atoms with E-state index >= 15 is 0 Å². The van der Waals surface area contributed by atoms with Crippen LogP contribution in [-0.2, 0) is 4.79 Å². The second-order valence-electron chi connectivity index (χ2n) is 5.47. The summed E-state index contributed by atoms with van der Waals surface area (Å²) in [7, 11) is 0. The molecule has 1 aromatic heterocycles. The number of aromatic nitrogens is 2. The van der Waals surface area contributed by atoms with Crippen molar-refractivity contribution >= 4 is 30.4 Å². The highest BCUT2D eigenvalue weighted by Crippen LogP contribution is 2.35. The van der Waals surface area contributed by atoms with E-state index in [-0.39, 0.29) is 41.3 Å². The number of hydrogen-bond donors (Lipinski definition) is 2. The molecule has 142 valence electrons. The molecule has 26 heavy (non-hydrogen) atoms. The number of benzene rings is 1. The van der Waals surface area contributed by atoms with Gasteiger partial charge in [-0.15, -0.1) is 12.4 Å². The Morgan fingerprint density at radius 3 is 2.65 bits per heavy atom. The van der Waals surface area contributed by atoms with Crippen LogP contribution in [0.15, 0.2) is 30.6 Å². The fourth-order valence-corrected chi connectivity index (χ4v) is 2.58. The maximum Gasteiger partial charge on any atom is 0.322 e. The molecular formula is C17H21Cl2FN4O2. The molecule has 2 aromatic rings. The van der Waals surface area contributed by atoms with Crippen LogP contribution in [0.5, 0.6) is 11.8 Å². The molecule has 2 atom stereocenters. The number of halogens is 3. The van der Waals surface area contributed by atoms with Gasteiger partial charge in [0.1, 0.15) is 0 Å². The Labute approximate surface area is 162 Å². The van der Waals surface area contributed by atoms with Gasteiger partial charge in [-0.3, -0.25) is 4.79 Å². The van der Waals surface area contributed by atoms with E-state index in [9.17, 15) is 9.18 Å². The van der Waals surface area contributed by atoms with Gasteiger partial charge < -0.3 is 15.4 Å². The third kappa shape index (κ3) is 5.79.